The van der Waals surface area contributed by atoms with Crippen LogP contribution >= 0.6 is 0 Å². The lowest BCUT2D eigenvalue weighted by Crippen LogP contribution is -2.30. The van der Waals surface area contributed by atoms with Crippen LogP contribution in [0.15, 0.2) is 36.4 Å². The third-order valence-corrected chi connectivity index (χ3v) is 4.84. The monoisotopic (exact) mass is 398 g/mol. The average Bonchev–Trinajstić information content (AvgIpc) is 3.15. The summed E-state index contributed by atoms with van der Waals surface area (Å²) in [5.41, 5.74) is 3.55. The van der Waals surface area contributed by atoms with Crippen molar-refractivity contribution in [3.63, 3.8) is 0 Å². The molecule has 2 aromatic rings. The Kier molecular flexibility index (Phi) is 6.11. The smallest absolute Gasteiger partial charge is 0.311 e. The lowest BCUT2D eigenvalue weighted by atomic mass is 10.0. The number of carbonyl (C=O) groups is 2. The molecule has 29 heavy (non-hydrogen) atoms. The van der Waals surface area contributed by atoms with Crippen molar-refractivity contribution in [2.45, 2.75) is 38.7 Å². The number of hydrogen-bond donors (Lipinski definition) is 1. The molecule has 1 aliphatic rings. The van der Waals surface area contributed by atoms with Gasteiger partial charge in [-0.1, -0.05) is 18.2 Å². The molecule has 0 saturated heterocycles. The summed E-state index contributed by atoms with van der Waals surface area (Å²) >= 11 is 0. The number of nitro groups is 1. The number of anilines is 1. The Hall–Kier alpha value is -3.42. The molecule has 0 bridgehead atoms. The van der Waals surface area contributed by atoms with E-state index in [-0.39, 0.29) is 23.5 Å². The van der Waals surface area contributed by atoms with Gasteiger partial charge < -0.3 is 14.8 Å². The van der Waals surface area contributed by atoms with Gasteiger partial charge in [0.15, 0.2) is 6.10 Å². The maximum Gasteiger partial charge on any atom is 0.311 e. The summed E-state index contributed by atoms with van der Waals surface area (Å²) in [4.78, 5) is 34.9. The van der Waals surface area contributed by atoms with Crippen LogP contribution in [0.4, 0.5) is 11.4 Å². The Morgan fingerprint density at radius 1 is 1.17 bits per heavy atom. The zero-order valence-corrected chi connectivity index (χ0v) is 16.3. The number of rotatable bonds is 7. The highest BCUT2D eigenvalue weighted by Crippen LogP contribution is 2.29. The van der Waals surface area contributed by atoms with Gasteiger partial charge in [-0.05, 0) is 48.9 Å². The minimum absolute atomic E-state index is 0.0890. The Morgan fingerprint density at radius 3 is 2.66 bits per heavy atom. The first kappa shape index (κ1) is 20.3. The summed E-state index contributed by atoms with van der Waals surface area (Å²) in [6.45, 7) is 1.47. The van der Waals surface area contributed by atoms with Crippen molar-refractivity contribution < 1.29 is 24.0 Å². The largest absolute Gasteiger partial charge is 0.494 e. The van der Waals surface area contributed by atoms with Gasteiger partial charge in [0.1, 0.15) is 5.75 Å². The molecule has 0 saturated carbocycles. The molecule has 0 aromatic heterocycles. The van der Waals surface area contributed by atoms with Gasteiger partial charge in [-0.15, -0.1) is 0 Å². The van der Waals surface area contributed by atoms with Crippen molar-refractivity contribution in [1.82, 2.24) is 0 Å². The average molecular weight is 398 g/mol. The maximum absolute atomic E-state index is 12.4. The van der Waals surface area contributed by atoms with E-state index in [4.69, 9.17) is 9.47 Å². The molecule has 0 spiro atoms. The lowest BCUT2D eigenvalue weighted by Gasteiger charge is -2.15. The molecule has 0 radical (unpaired) electrons. The Bertz CT molecular complexity index is 956. The molecule has 0 aliphatic heterocycles. The van der Waals surface area contributed by atoms with Crippen LogP contribution in [-0.4, -0.2) is 30.0 Å². The second-order valence-electron chi connectivity index (χ2n) is 6.90. The zero-order chi connectivity index (χ0) is 21.0. The Morgan fingerprint density at radius 2 is 1.93 bits per heavy atom. The van der Waals surface area contributed by atoms with E-state index in [0.29, 0.717) is 0 Å². The summed E-state index contributed by atoms with van der Waals surface area (Å²) in [5, 5.41) is 13.4. The van der Waals surface area contributed by atoms with Gasteiger partial charge in [-0.25, -0.2) is 0 Å². The van der Waals surface area contributed by atoms with Gasteiger partial charge in [-0.2, -0.15) is 0 Å². The van der Waals surface area contributed by atoms with Crippen LogP contribution in [0.3, 0.4) is 0 Å². The highest BCUT2D eigenvalue weighted by atomic mass is 16.6. The quantitative estimate of drug-likeness (QED) is 0.436. The van der Waals surface area contributed by atoms with Crippen molar-refractivity contribution in [1.29, 1.82) is 0 Å². The third-order valence-electron chi connectivity index (χ3n) is 4.84. The highest BCUT2D eigenvalue weighted by molar-refractivity contribution is 5.96. The zero-order valence-electron chi connectivity index (χ0n) is 16.3. The van der Waals surface area contributed by atoms with Crippen LogP contribution in [0.5, 0.6) is 5.75 Å². The van der Waals surface area contributed by atoms with Crippen molar-refractivity contribution in [3.8, 4) is 5.75 Å². The van der Waals surface area contributed by atoms with Crippen LogP contribution in [0.2, 0.25) is 0 Å². The molecule has 2 aromatic carbocycles. The molecule has 1 N–H and O–H groups in total. The minimum atomic E-state index is -1.03. The lowest BCUT2D eigenvalue weighted by molar-refractivity contribution is -0.384. The number of nitro benzene ring substituents is 1. The van der Waals surface area contributed by atoms with Crippen molar-refractivity contribution in [3.05, 3.63) is 63.2 Å². The van der Waals surface area contributed by atoms with Gasteiger partial charge in [0.25, 0.3) is 11.6 Å². The van der Waals surface area contributed by atoms with Crippen molar-refractivity contribution in [2.24, 2.45) is 0 Å². The minimum Gasteiger partial charge on any atom is -0.494 e. The van der Waals surface area contributed by atoms with E-state index in [9.17, 15) is 19.7 Å². The number of carbonyl (C=O) groups excluding carboxylic acids is 2. The molecule has 1 aliphatic carbocycles. The van der Waals surface area contributed by atoms with Crippen LogP contribution in [-0.2, 0) is 33.6 Å². The first-order chi connectivity index (χ1) is 13.9. The van der Waals surface area contributed by atoms with E-state index in [1.54, 1.807) is 0 Å². The van der Waals surface area contributed by atoms with Gasteiger partial charge in [0, 0.05) is 6.07 Å². The van der Waals surface area contributed by atoms with Crippen LogP contribution in [0, 0.1) is 10.1 Å². The Labute approximate surface area is 168 Å². The molecule has 1 amide bonds. The van der Waals surface area contributed by atoms with Crippen LogP contribution < -0.4 is 10.1 Å². The number of aryl methyl sites for hydroxylation is 2. The van der Waals surface area contributed by atoms with E-state index in [2.05, 4.69) is 5.32 Å². The number of hydrogen-bond acceptors (Lipinski definition) is 6. The number of benzene rings is 2. The summed E-state index contributed by atoms with van der Waals surface area (Å²) in [6.07, 6.45) is 2.28. The predicted molar refractivity (Wildman–Crippen MR) is 106 cm³/mol. The fraction of sp³-hybridized carbons (Fsp3) is 0.333. The first-order valence-corrected chi connectivity index (χ1v) is 9.31. The predicted octanol–water partition coefficient (Wildman–Crippen LogP) is 3.21. The first-order valence-electron chi connectivity index (χ1n) is 9.31. The van der Waals surface area contributed by atoms with Gasteiger partial charge in [0.05, 0.1) is 30.2 Å². The molecule has 152 valence electrons. The topological polar surface area (TPSA) is 108 Å². The number of amides is 1. The normalized spacial score (nSPS) is 13.3. The molecular weight excluding hydrogens is 376 g/mol. The fourth-order valence-electron chi connectivity index (χ4n) is 3.33. The van der Waals surface area contributed by atoms with Gasteiger partial charge in [-0.3, -0.25) is 19.7 Å². The summed E-state index contributed by atoms with van der Waals surface area (Å²) < 4.78 is 10.3. The highest BCUT2D eigenvalue weighted by Gasteiger charge is 2.21. The number of fused-ring (bicyclic) bond motifs is 1. The van der Waals surface area contributed by atoms with Gasteiger partial charge in [0.2, 0.25) is 0 Å². The summed E-state index contributed by atoms with van der Waals surface area (Å²) in [6, 6.07) is 9.81. The fourth-order valence-corrected chi connectivity index (χ4v) is 3.33. The molecule has 0 heterocycles. The molecule has 8 nitrogen and oxygen atoms in total. The van der Waals surface area contributed by atoms with Crippen LogP contribution in [0.1, 0.15) is 30.0 Å². The molecule has 8 heteroatoms. The van der Waals surface area contributed by atoms with Crippen LogP contribution in [0.25, 0.3) is 0 Å². The number of ether oxygens (including phenoxy) is 2. The number of esters is 1. The SMILES string of the molecule is COc1cc([N+](=O)[O-])ccc1NC(=O)[C@H](C)OC(=O)Cc1ccc2c(c1)CCC2. The molecule has 0 fully saturated rings. The number of nitrogens with zero attached hydrogens (tertiary/aromatic N) is 1. The summed E-state index contributed by atoms with van der Waals surface area (Å²) in [7, 11) is 1.34. The molecule has 0 unspecified atom stereocenters. The maximum atomic E-state index is 12.4. The van der Waals surface area contributed by atoms with E-state index >= 15 is 0 Å². The van der Waals surface area contributed by atoms with Gasteiger partial charge >= 0.3 is 5.97 Å². The standard InChI is InChI=1S/C21H22N2O6/c1-13(21(25)22-18-9-8-17(23(26)27)12-19(18)28-2)29-20(24)11-14-6-7-15-4-3-5-16(15)10-14/h6-10,12-13H,3-5,11H2,1-2H3,(H,22,25)/t13-/m0/s1. The van der Waals surface area contributed by atoms with Crippen molar-refractivity contribution in [2.75, 3.05) is 12.4 Å². The number of methoxy groups -OCH3 is 1. The van der Waals surface area contributed by atoms with Crippen molar-refractivity contribution >= 4 is 23.3 Å². The molecule has 1 atom stereocenters. The Balaban J connectivity index is 1.59. The third kappa shape index (κ3) is 4.90. The van der Waals surface area contributed by atoms with E-state index < -0.39 is 22.9 Å². The second kappa shape index (κ2) is 8.72. The summed E-state index contributed by atoms with van der Waals surface area (Å²) in [5.74, 6) is -0.912. The molecular formula is C21H22N2O6. The van der Waals surface area contributed by atoms with E-state index in [0.717, 1.165) is 24.8 Å². The number of non-ortho nitro benzene ring substituents is 1. The second-order valence-corrected chi connectivity index (χ2v) is 6.90. The number of nitrogens with one attached hydrogen (secondary N) is 1. The molecule has 3 rings (SSSR count). The van der Waals surface area contributed by atoms with E-state index in [1.807, 2.05) is 18.2 Å². The van der Waals surface area contributed by atoms with E-state index in [1.165, 1.54) is 43.4 Å².